The van der Waals surface area contributed by atoms with Gasteiger partial charge in [-0.25, -0.2) is 4.98 Å². The number of rotatable bonds is 3. The Hall–Kier alpha value is -0.870. The molecule has 1 saturated carbocycles. The van der Waals surface area contributed by atoms with E-state index in [2.05, 4.69) is 4.98 Å². The number of hydrogen-bond donors (Lipinski definition) is 2. The van der Waals surface area contributed by atoms with E-state index in [4.69, 9.17) is 5.11 Å². The zero-order valence-electron chi connectivity index (χ0n) is 6.72. The van der Waals surface area contributed by atoms with Crippen molar-refractivity contribution >= 4 is 0 Å². The summed E-state index contributed by atoms with van der Waals surface area (Å²) in [7, 11) is 0. The van der Waals surface area contributed by atoms with Crippen LogP contribution in [-0.4, -0.2) is 26.4 Å². The molecule has 0 spiro atoms. The molecule has 4 heteroatoms. The Balaban J connectivity index is 2.23. The Kier molecular flexibility index (Phi) is 1.86. The van der Waals surface area contributed by atoms with Gasteiger partial charge in [0, 0.05) is 6.04 Å². The van der Waals surface area contributed by atoms with E-state index in [-0.39, 0.29) is 6.61 Å². The van der Waals surface area contributed by atoms with E-state index in [9.17, 15) is 5.11 Å². The first-order valence-corrected chi connectivity index (χ1v) is 4.13. The lowest BCUT2D eigenvalue weighted by molar-refractivity contribution is 0.0891. The van der Waals surface area contributed by atoms with Gasteiger partial charge < -0.3 is 14.8 Å². The summed E-state index contributed by atoms with van der Waals surface area (Å²) in [6, 6.07) is 0.503. The Morgan fingerprint density at radius 2 is 2.42 bits per heavy atom. The third kappa shape index (κ3) is 1.23. The van der Waals surface area contributed by atoms with Crippen LogP contribution in [0.4, 0.5) is 0 Å². The largest absolute Gasteiger partial charge is 0.393 e. The van der Waals surface area contributed by atoms with Crippen LogP contribution in [0.1, 0.15) is 30.7 Å². The molecule has 1 heterocycles. The SMILES string of the molecule is OCC(O)c1cncn1C1CC1. The third-order valence-corrected chi connectivity index (χ3v) is 2.15. The lowest BCUT2D eigenvalue weighted by Crippen LogP contribution is -2.08. The summed E-state index contributed by atoms with van der Waals surface area (Å²) in [5, 5.41) is 18.1. The van der Waals surface area contributed by atoms with Crippen LogP contribution in [0.15, 0.2) is 12.5 Å². The van der Waals surface area contributed by atoms with Crippen LogP contribution in [-0.2, 0) is 0 Å². The van der Waals surface area contributed by atoms with Crippen LogP contribution >= 0.6 is 0 Å². The number of aliphatic hydroxyl groups excluding tert-OH is 2. The average Bonchev–Trinajstić information content (AvgIpc) is 2.83. The van der Waals surface area contributed by atoms with Crippen molar-refractivity contribution in [1.82, 2.24) is 9.55 Å². The van der Waals surface area contributed by atoms with Gasteiger partial charge in [-0.05, 0) is 12.8 Å². The second kappa shape index (κ2) is 2.88. The molecule has 1 aliphatic rings. The van der Waals surface area contributed by atoms with Crippen LogP contribution in [0.3, 0.4) is 0 Å². The molecule has 1 aromatic heterocycles. The van der Waals surface area contributed by atoms with Crippen molar-refractivity contribution in [1.29, 1.82) is 0 Å². The van der Waals surface area contributed by atoms with Crippen molar-refractivity contribution in [2.45, 2.75) is 25.0 Å². The van der Waals surface area contributed by atoms with Gasteiger partial charge in [-0.2, -0.15) is 0 Å². The predicted molar refractivity (Wildman–Crippen MR) is 42.5 cm³/mol. The van der Waals surface area contributed by atoms with E-state index < -0.39 is 6.10 Å². The number of nitrogens with zero attached hydrogens (tertiary/aromatic N) is 2. The summed E-state index contributed by atoms with van der Waals surface area (Å²) in [5.41, 5.74) is 0.722. The van der Waals surface area contributed by atoms with Gasteiger partial charge in [0.25, 0.3) is 0 Å². The van der Waals surface area contributed by atoms with Crippen molar-refractivity contribution in [3.05, 3.63) is 18.2 Å². The van der Waals surface area contributed by atoms with Crippen LogP contribution in [0.2, 0.25) is 0 Å². The van der Waals surface area contributed by atoms with Crippen molar-refractivity contribution < 1.29 is 10.2 Å². The smallest absolute Gasteiger partial charge is 0.119 e. The van der Waals surface area contributed by atoms with Gasteiger partial charge in [0.15, 0.2) is 0 Å². The van der Waals surface area contributed by atoms with Gasteiger partial charge in [0.2, 0.25) is 0 Å². The molecule has 0 radical (unpaired) electrons. The maximum atomic E-state index is 9.36. The van der Waals surface area contributed by atoms with Crippen molar-refractivity contribution in [3.63, 3.8) is 0 Å². The molecule has 1 fully saturated rings. The molecule has 2 rings (SSSR count). The van der Waals surface area contributed by atoms with E-state index in [0.717, 1.165) is 18.5 Å². The zero-order chi connectivity index (χ0) is 8.55. The molecule has 4 nitrogen and oxygen atoms in total. The highest BCUT2D eigenvalue weighted by atomic mass is 16.3. The Morgan fingerprint density at radius 3 is 3.00 bits per heavy atom. The summed E-state index contributed by atoms with van der Waals surface area (Å²) in [6.45, 7) is -0.238. The van der Waals surface area contributed by atoms with Gasteiger partial charge in [-0.3, -0.25) is 0 Å². The fourth-order valence-corrected chi connectivity index (χ4v) is 1.32. The Morgan fingerprint density at radius 1 is 1.67 bits per heavy atom. The van der Waals surface area contributed by atoms with Gasteiger partial charge in [0.05, 0.1) is 24.8 Å². The summed E-state index contributed by atoms with van der Waals surface area (Å²) in [4.78, 5) is 3.94. The Bertz CT molecular complexity index is 268. The highest BCUT2D eigenvalue weighted by Gasteiger charge is 2.26. The summed E-state index contributed by atoms with van der Waals surface area (Å²) in [5.74, 6) is 0. The number of hydrogen-bond acceptors (Lipinski definition) is 3. The van der Waals surface area contributed by atoms with Gasteiger partial charge in [-0.1, -0.05) is 0 Å². The van der Waals surface area contributed by atoms with Crippen LogP contribution in [0, 0.1) is 0 Å². The van der Waals surface area contributed by atoms with Crippen LogP contribution in [0.5, 0.6) is 0 Å². The monoisotopic (exact) mass is 168 g/mol. The van der Waals surface area contributed by atoms with E-state index in [0.29, 0.717) is 6.04 Å². The number of aromatic nitrogens is 2. The molecule has 0 saturated heterocycles. The number of imidazole rings is 1. The second-order valence-corrected chi connectivity index (χ2v) is 3.16. The predicted octanol–water partition coefficient (Wildman–Crippen LogP) is 0.244. The molecule has 2 N–H and O–H groups in total. The molecule has 66 valence electrons. The van der Waals surface area contributed by atoms with E-state index in [1.165, 1.54) is 0 Å². The minimum absolute atomic E-state index is 0.238. The van der Waals surface area contributed by atoms with E-state index in [1.807, 2.05) is 4.57 Å². The average molecular weight is 168 g/mol. The maximum Gasteiger partial charge on any atom is 0.119 e. The molecule has 1 atom stereocenters. The van der Waals surface area contributed by atoms with E-state index >= 15 is 0 Å². The normalized spacial score (nSPS) is 19.5. The first-order valence-electron chi connectivity index (χ1n) is 4.13. The van der Waals surface area contributed by atoms with Gasteiger partial charge in [-0.15, -0.1) is 0 Å². The topological polar surface area (TPSA) is 58.3 Å². The summed E-state index contributed by atoms with van der Waals surface area (Å²) < 4.78 is 1.95. The number of aliphatic hydroxyl groups is 2. The van der Waals surface area contributed by atoms with Crippen LogP contribution in [0.25, 0.3) is 0 Å². The van der Waals surface area contributed by atoms with Crippen molar-refractivity contribution in [2.24, 2.45) is 0 Å². The molecule has 1 unspecified atom stereocenters. The van der Waals surface area contributed by atoms with E-state index in [1.54, 1.807) is 12.5 Å². The molecule has 0 aromatic carbocycles. The summed E-state index contributed by atoms with van der Waals surface area (Å²) in [6.07, 6.45) is 4.85. The van der Waals surface area contributed by atoms with Crippen LogP contribution < -0.4 is 0 Å². The Labute approximate surface area is 70.5 Å². The van der Waals surface area contributed by atoms with Gasteiger partial charge in [0.1, 0.15) is 6.10 Å². The lowest BCUT2D eigenvalue weighted by Gasteiger charge is -2.09. The molecule has 0 bridgehead atoms. The molecule has 1 aromatic rings. The fourth-order valence-electron chi connectivity index (χ4n) is 1.32. The highest BCUT2D eigenvalue weighted by Crippen LogP contribution is 2.36. The first kappa shape index (κ1) is 7.76. The first-order chi connectivity index (χ1) is 5.83. The minimum atomic E-state index is -0.784. The molecular formula is C8H12N2O2. The standard InChI is InChI=1S/C8H12N2O2/c11-4-8(12)7-3-9-5-10(7)6-1-2-6/h3,5-6,8,11-12H,1-2,4H2. The fraction of sp³-hybridized carbons (Fsp3) is 0.625. The maximum absolute atomic E-state index is 9.36. The highest BCUT2D eigenvalue weighted by molar-refractivity contribution is 5.06. The molecular weight excluding hydrogens is 156 g/mol. The molecule has 12 heavy (non-hydrogen) atoms. The quantitative estimate of drug-likeness (QED) is 0.680. The van der Waals surface area contributed by atoms with Crippen molar-refractivity contribution in [3.8, 4) is 0 Å². The minimum Gasteiger partial charge on any atom is -0.393 e. The molecule has 0 aliphatic heterocycles. The summed E-state index contributed by atoms with van der Waals surface area (Å²) >= 11 is 0. The lowest BCUT2D eigenvalue weighted by atomic mass is 10.3. The van der Waals surface area contributed by atoms with Gasteiger partial charge >= 0.3 is 0 Å². The molecule has 0 amide bonds. The molecule has 1 aliphatic carbocycles. The zero-order valence-corrected chi connectivity index (χ0v) is 6.72. The van der Waals surface area contributed by atoms with Crippen molar-refractivity contribution in [2.75, 3.05) is 6.61 Å². The second-order valence-electron chi connectivity index (χ2n) is 3.16. The third-order valence-electron chi connectivity index (χ3n) is 2.15.